The fraction of sp³-hybridized carbons (Fsp3) is 0.333. The highest BCUT2D eigenvalue weighted by Gasteiger charge is 2.32. The first kappa shape index (κ1) is 17.5. The normalized spacial score (nSPS) is 20.2. The van der Waals surface area contributed by atoms with Crippen LogP contribution in [0.25, 0.3) is 0 Å². The number of carbonyl (C=O) groups excluding carboxylic acids is 1. The Balaban J connectivity index is 1.91. The van der Waals surface area contributed by atoms with Gasteiger partial charge in [-0.25, -0.2) is 4.39 Å². The molecule has 1 aliphatic heterocycles. The third-order valence-corrected chi connectivity index (χ3v) is 5.08. The molecule has 0 bridgehead atoms. The standard InChI is InChI=1S/C18H20FN3O2S/c1-10-8-13(11(2)24-10)16(23)21-12-4-5-15(19)14(9-12)18(3)6-7-25-17(20)22-18/h4-5,8-9H,6-7H2,1-3H3,(H2,20,22)(H,21,23). The number of anilines is 1. The van der Waals surface area contributed by atoms with E-state index in [1.165, 1.54) is 23.9 Å². The molecule has 3 N–H and O–H groups in total. The molecule has 5 nitrogen and oxygen atoms in total. The van der Waals surface area contributed by atoms with Crippen molar-refractivity contribution in [2.45, 2.75) is 32.7 Å². The number of halogens is 1. The SMILES string of the molecule is Cc1cc(C(=O)Nc2ccc(F)c(C3(C)CCSC(N)=N3)c2)c(C)o1. The quantitative estimate of drug-likeness (QED) is 0.867. The topological polar surface area (TPSA) is 80.6 Å². The molecule has 1 aromatic heterocycles. The number of amides is 1. The maximum atomic E-state index is 14.4. The van der Waals surface area contributed by atoms with Gasteiger partial charge in [-0.2, -0.15) is 0 Å². The number of hydrogen-bond acceptors (Lipinski definition) is 5. The minimum Gasteiger partial charge on any atom is -0.466 e. The number of benzene rings is 1. The second kappa shape index (κ2) is 6.55. The maximum Gasteiger partial charge on any atom is 0.259 e. The van der Waals surface area contributed by atoms with Crippen molar-refractivity contribution in [1.29, 1.82) is 0 Å². The number of aryl methyl sites for hydroxylation is 2. The number of nitrogens with two attached hydrogens (primary N) is 1. The van der Waals surface area contributed by atoms with Gasteiger partial charge in [0.2, 0.25) is 0 Å². The van der Waals surface area contributed by atoms with E-state index in [2.05, 4.69) is 10.3 Å². The molecule has 3 rings (SSSR count). The number of carbonyl (C=O) groups is 1. The molecule has 1 atom stereocenters. The fourth-order valence-corrected chi connectivity index (χ4v) is 3.93. The van der Waals surface area contributed by atoms with Crippen LogP contribution in [0.2, 0.25) is 0 Å². The summed E-state index contributed by atoms with van der Waals surface area (Å²) in [5.74, 6) is 1.33. The molecule has 2 heterocycles. The van der Waals surface area contributed by atoms with Crippen LogP contribution in [-0.4, -0.2) is 16.8 Å². The second-order valence-electron chi connectivity index (χ2n) is 6.30. The van der Waals surface area contributed by atoms with Crippen molar-refractivity contribution in [1.82, 2.24) is 0 Å². The molecule has 0 fully saturated rings. The van der Waals surface area contributed by atoms with Crippen LogP contribution in [0.4, 0.5) is 10.1 Å². The van der Waals surface area contributed by atoms with Crippen molar-refractivity contribution in [3.63, 3.8) is 0 Å². The number of rotatable bonds is 3. The summed E-state index contributed by atoms with van der Waals surface area (Å²) in [7, 11) is 0. The highest BCUT2D eigenvalue weighted by Crippen LogP contribution is 2.37. The van der Waals surface area contributed by atoms with Crippen LogP contribution < -0.4 is 11.1 Å². The number of aliphatic imine (C=N–C) groups is 1. The lowest BCUT2D eigenvalue weighted by molar-refractivity contribution is 0.102. The summed E-state index contributed by atoms with van der Waals surface area (Å²) in [5.41, 5.74) is 6.48. The molecule has 2 aromatic rings. The number of hydrogen-bond donors (Lipinski definition) is 2. The molecular formula is C18H20FN3O2S. The van der Waals surface area contributed by atoms with E-state index in [9.17, 15) is 9.18 Å². The average Bonchev–Trinajstić information content (AvgIpc) is 2.87. The zero-order chi connectivity index (χ0) is 18.2. The highest BCUT2D eigenvalue weighted by molar-refractivity contribution is 8.13. The van der Waals surface area contributed by atoms with Crippen LogP contribution in [-0.2, 0) is 5.54 Å². The Kier molecular flexibility index (Phi) is 4.60. The average molecular weight is 361 g/mol. The Morgan fingerprint density at radius 2 is 2.16 bits per heavy atom. The van der Waals surface area contributed by atoms with E-state index < -0.39 is 5.54 Å². The minimum atomic E-state index is -0.734. The summed E-state index contributed by atoms with van der Waals surface area (Å²) in [6.07, 6.45) is 0.673. The summed E-state index contributed by atoms with van der Waals surface area (Å²) in [5, 5.41) is 3.25. The van der Waals surface area contributed by atoms with Crippen LogP contribution in [0.3, 0.4) is 0 Å². The summed E-state index contributed by atoms with van der Waals surface area (Å²) >= 11 is 1.46. The van der Waals surface area contributed by atoms with Crippen molar-refractivity contribution in [3.05, 3.63) is 52.7 Å². The third-order valence-electron chi connectivity index (χ3n) is 4.29. The predicted molar refractivity (Wildman–Crippen MR) is 98.6 cm³/mol. The van der Waals surface area contributed by atoms with Gasteiger partial charge in [0.15, 0.2) is 5.17 Å². The molecule has 1 aliphatic rings. The van der Waals surface area contributed by atoms with Gasteiger partial charge in [0, 0.05) is 17.0 Å². The van der Waals surface area contributed by atoms with Crippen LogP contribution in [0.15, 0.2) is 33.7 Å². The smallest absolute Gasteiger partial charge is 0.259 e. The molecule has 0 saturated heterocycles. The zero-order valence-corrected chi connectivity index (χ0v) is 15.2. The molecule has 1 unspecified atom stereocenters. The van der Waals surface area contributed by atoms with Gasteiger partial charge in [-0.05, 0) is 51.5 Å². The van der Waals surface area contributed by atoms with E-state index in [1.807, 2.05) is 6.92 Å². The van der Waals surface area contributed by atoms with Crippen molar-refractivity contribution in [3.8, 4) is 0 Å². The largest absolute Gasteiger partial charge is 0.466 e. The first-order valence-electron chi connectivity index (χ1n) is 7.95. The number of nitrogens with zero attached hydrogens (tertiary/aromatic N) is 1. The molecule has 25 heavy (non-hydrogen) atoms. The molecule has 0 aliphatic carbocycles. The van der Waals surface area contributed by atoms with Crippen molar-refractivity contribution < 1.29 is 13.6 Å². The summed E-state index contributed by atoms with van der Waals surface area (Å²) in [6.45, 7) is 5.37. The van der Waals surface area contributed by atoms with Crippen LogP contribution in [0.5, 0.6) is 0 Å². The second-order valence-corrected chi connectivity index (χ2v) is 7.41. The molecule has 0 saturated carbocycles. The van der Waals surface area contributed by atoms with E-state index in [0.717, 1.165) is 5.75 Å². The summed E-state index contributed by atoms with van der Waals surface area (Å²) in [4.78, 5) is 16.9. The predicted octanol–water partition coefficient (Wildman–Crippen LogP) is 3.95. The van der Waals surface area contributed by atoms with E-state index in [1.54, 1.807) is 26.0 Å². The maximum absolute atomic E-state index is 14.4. The number of amidine groups is 1. The molecule has 0 radical (unpaired) electrons. The number of thioether (sulfide) groups is 1. The van der Waals surface area contributed by atoms with Crippen molar-refractivity contribution >= 4 is 28.5 Å². The van der Waals surface area contributed by atoms with Crippen LogP contribution >= 0.6 is 11.8 Å². The van der Waals surface area contributed by atoms with Crippen LogP contribution in [0, 0.1) is 19.7 Å². The van der Waals surface area contributed by atoms with E-state index in [4.69, 9.17) is 10.2 Å². The Hall–Kier alpha value is -2.28. The summed E-state index contributed by atoms with van der Waals surface area (Å²) in [6, 6.07) is 6.19. The minimum absolute atomic E-state index is 0.292. The fourth-order valence-electron chi connectivity index (χ4n) is 2.95. The molecule has 1 amide bonds. The van der Waals surface area contributed by atoms with Crippen LogP contribution in [0.1, 0.15) is 40.8 Å². The molecule has 7 heteroatoms. The molecule has 132 valence electrons. The summed E-state index contributed by atoms with van der Waals surface area (Å²) < 4.78 is 19.8. The Labute approximate surface area is 149 Å². The monoisotopic (exact) mass is 361 g/mol. The number of furan rings is 1. The van der Waals surface area contributed by atoms with Gasteiger partial charge in [-0.1, -0.05) is 11.8 Å². The third kappa shape index (κ3) is 3.56. The number of nitrogens with one attached hydrogen (secondary N) is 1. The Bertz CT molecular complexity index is 862. The van der Waals surface area contributed by atoms with Gasteiger partial charge in [-0.15, -0.1) is 0 Å². The van der Waals surface area contributed by atoms with E-state index >= 15 is 0 Å². The van der Waals surface area contributed by atoms with E-state index in [0.29, 0.717) is 39.9 Å². The highest BCUT2D eigenvalue weighted by atomic mass is 32.2. The molecular weight excluding hydrogens is 341 g/mol. The first-order chi connectivity index (χ1) is 11.8. The van der Waals surface area contributed by atoms with Gasteiger partial charge in [0.1, 0.15) is 17.3 Å². The van der Waals surface area contributed by atoms with Gasteiger partial charge >= 0.3 is 0 Å². The van der Waals surface area contributed by atoms with Crippen molar-refractivity contribution in [2.24, 2.45) is 10.7 Å². The van der Waals surface area contributed by atoms with E-state index in [-0.39, 0.29) is 11.7 Å². The van der Waals surface area contributed by atoms with Gasteiger partial charge in [0.25, 0.3) is 5.91 Å². The van der Waals surface area contributed by atoms with Gasteiger partial charge in [-0.3, -0.25) is 9.79 Å². The molecule has 1 aromatic carbocycles. The zero-order valence-electron chi connectivity index (χ0n) is 14.4. The molecule has 0 spiro atoms. The van der Waals surface area contributed by atoms with Crippen molar-refractivity contribution in [2.75, 3.05) is 11.1 Å². The Morgan fingerprint density at radius 1 is 1.40 bits per heavy atom. The Morgan fingerprint density at radius 3 is 2.80 bits per heavy atom. The lowest BCUT2D eigenvalue weighted by atomic mass is 9.89. The van der Waals surface area contributed by atoms with Gasteiger partial charge < -0.3 is 15.5 Å². The lowest BCUT2D eigenvalue weighted by Crippen LogP contribution is -2.29. The first-order valence-corrected chi connectivity index (χ1v) is 8.93. The lowest BCUT2D eigenvalue weighted by Gasteiger charge is -2.30. The van der Waals surface area contributed by atoms with Gasteiger partial charge in [0.05, 0.1) is 11.1 Å².